The van der Waals surface area contributed by atoms with Crippen molar-refractivity contribution in [3.05, 3.63) is 54.1 Å². The maximum atomic E-state index is 13.1. The number of para-hydroxylation sites is 1. The minimum absolute atomic E-state index is 0.0356. The number of hydrogen-bond acceptors (Lipinski definition) is 7. The first-order valence-electron chi connectivity index (χ1n) is 10.3. The van der Waals surface area contributed by atoms with Gasteiger partial charge in [0.15, 0.2) is 12.3 Å². The fourth-order valence-corrected chi connectivity index (χ4v) is 2.60. The number of phenols is 1. The van der Waals surface area contributed by atoms with Crippen molar-refractivity contribution < 1.29 is 27.0 Å². The second-order valence-corrected chi connectivity index (χ2v) is 7.58. The van der Waals surface area contributed by atoms with Crippen LogP contribution in [0.3, 0.4) is 0 Å². The highest BCUT2D eigenvalue weighted by Gasteiger charge is 2.25. The van der Waals surface area contributed by atoms with Gasteiger partial charge in [-0.3, -0.25) is 4.79 Å². The van der Waals surface area contributed by atoms with Gasteiger partial charge in [0, 0.05) is 6.42 Å². The van der Waals surface area contributed by atoms with Crippen LogP contribution in [0.1, 0.15) is 29.1 Å². The van der Waals surface area contributed by atoms with E-state index in [0.717, 1.165) is 4.85 Å². The molecule has 1 heterocycles. The topological polar surface area (TPSA) is 116 Å². The van der Waals surface area contributed by atoms with Crippen LogP contribution in [0.4, 0.5) is 4.79 Å². The zero-order chi connectivity index (χ0) is 23.5. The summed E-state index contributed by atoms with van der Waals surface area (Å²) in [6.45, 7) is 2.15. The predicted octanol–water partition coefficient (Wildman–Crippen LogP) is 2.27. The SMILES string of the molecule is [2H]C([2H])(On1nnc2ccccc21)C(=O)[C@H](Cc1ccc(O)cc1)NC(=O)OC(C)(C)C. The van der Waals surface area contributed by atoms with Gasteiger partial charge in [-0.2, -0.15) is 0 Å². The van der Waals surface area contributed by atoms with Crippen LogP contribution < -0.4 is 10.2 Å². The maximum Gasteiger partial charge on any atom is 0.408 e. The quantitative estimate of drug-likeness (QED) is 0.609. The van der Waals surface area contributed by atoms with Crippen molar-refractivity contribution in [1.82, 2.24) is 20.5 Å². The molecule has 0 unspecified atom stereocenters. The Balaban J connectivity index is 1.84. The highest BCUT2D eigenvalue weighted by Crippen LogP contribution is 2.13. The number of ketones is 1. The Morgan fingerprint density at radius 2 is 1.90 bits per heavy atom. The largest absolute Gasteiger partial charge is 0.508 e. The fourth-order valence-electron chi connectivity index (χ4n) is 2.60. The number of alkyl carbamates (subject to hydrolysis) is 1. The third kappa shape index (κ3) is 5.69. The van der Waals surface area contributed by atoms with Crippen LogP contribution in [-0.4, -0.2) is 50.3 Å². The van der Waals surface area contributed by atoms with Gasteiger partial charge >= 0.3 is 6.09 Å². The number of carbonyl (C=O) groups is 2. The number of rotatable bonds is 7. The first-order chi connectivity index (χ1) is 14.9. The fraction of sp³-hybridized carbons (Fsp3) is 0.333. The molecule has 0 aliphatic rings. The van der Waals surface area contributed by atoms with E-state index in [0.29, 0.717) is 16.6 Å². The molecule has 3 rings (SSSR count). The van der Waals surface area contributed by atoms with E-state index in [9.17, 15) is 14.7 Å². The number of benzene rings is 2. The molecule has 0 saturated carbocycles. The molecule has 9 nitrogen and oxygen atoms in total. The molecule has 2 aromatic carbocycles. The second kappa shape index (κ2) is 8.81. The number of hydrogen-bond donors (Lipinski definition) is 2. The molecule has 1 amide bonds. The highest BCUT2D eigenvalue weighted by atomic mass is 16.7. The molecule has 9 heteroatoms. The molecular formula is C21H24N4O5. The molecule has 30 heavy (non-hydrogen) atoms. The summed E-state index contributed by atoms with van der Waals surface area (Å²) in [7, 11) is 0. The Morgan fingerprint density at radius 3 is 2.60 bits per heavy atom. The van der Waals surface area contributed by atoms with E-state index in [1.54, 1.807) is 57.2 Å². The van der Waals surface area contributed by atoms with Crippen LogP contribution in [0.15, 0.2) is 48.5 Å². The first-order valence-corrected chi connectivity index (χ1v) is 9.26. The number of fused-ring (bicyclic) bond motifs is 1. The van der Waals surface area contributed by atoms with Gasteiger partial charge in [0.05, 0.1) is 8.78 Å². The summed E-state index contributed by atoms with van der Waals surface area (Å²) in [5, 5.41) is 19.5. The third-order valence-corrected chi connectivity index (χ3v) is 3.94. The molecular weight excluding hydrogens is 388 g/mol. The van der Waals surface area contributed by atoms with E-state index in [1.165, 1.54) is 12.1 Å². The predicted molar refractivity (Wildman–Crippen MR) is 109 cm³/mol. The summed E-state index contributed by atoms with van der Waals surface area (Å²) in [5.41, 5.74) is 0.604. The van der Waals surface area contributed by atoms with Gasteiger partial charge in [-0.15, -0.1) is 5.10 Å². The van der Waals surface area contributed by atoms with Crippen LogP contribution >= 0.6 is 0 Å². The number of aromatic hydroxyl groups is 1. The molecule has 0 bridgehead atoms. The van der Waals surface area contributed by atoms with Crippen molar-refractivity contribution in [1.29, 1.82) is 0 Å². The van der Waals surface area contributed by atoms with E-state index in [1.807, 2.05) is 0 Å². The first kappa shape index (κ1) is 18.4. The summed E-state index contributed by atoms with van der Waals surface area (Å²) in [6.07, 6.45) is -0.934. The van der Waals surface area contributed by atoms with E-state index in [-0.39, 0.29) is 12.2 Å². The lowest BCUT2D eigenvalue weighted by Crippen LogP contribution is -2.46. The Kier molecular flexibility index (Phi) is 5.41. The minimum Gasteiger partial charge on any atom is -0.508 e. The molecule has 0 saturated heterocycles. The van der Waals surface area contributed by atoms with E-state index >= 15 is 0 Å². The summed E-state index contributed by atoms with van der Waals surface area (Å²) in [5.74, 6) is -1.01. The molecule has 2 N–H and O–H groups in total. The third-order valence-electron chi connectivity index (χ3n) is 3.94. The average molecular weight is 414 g/mol. The van der Waals surface area contributed by atoms with Crippen molar-refractivity contribution in [2.45, 2.75) is 38.8 Å². The molecule has 0 spiro atoms. The van der Waals surface area contributed by atoms with E-state index in [2.05, 4.69) is 15.6 Å². The van der Waals surface area contributed by atoms with Crippen LogP contribution in [0.2, 0.25) is 0 Å². The number of nitrogens with one attached hydrogen (secondary N) is 1. The monoisotopic (exact) mass is 414 g/mol. The van der Waals surface area contributed by atoms with Gasteiger partial charge in [0.2, 0.25) is 0 Å². The van der Waals surface area contributed by atoms with Crippen molar-refractivity contribution in [2.75, 3.05) is 6.56 Å². The highest BCUT2D eigenvalue weighted by molar-refractivity contribution is 5.88. The average Bonchev–Trinajstić information content (AvgIpc) is 3.09. The van der Waals surface area contributed by atoms with Gasteiger partial charge in [0.25, 0.3) is 0 Å². The number of nitrogens with zero attached hydrogens (tertiary/aromatic N) is 3. The Hall–Kier alpha value is -3.62. The summed E-state index contributed by atoms with van der Waals surface area (Å²) in [6, 6.07) is 11.4. The molecule has 3 aromatic rings. The maximum absolute atomic E-state index is 13.1. The van der Waals surface area contributed by atoms with Gasteiger partial charge < -0.3 is 20.0 Å². The molecule has 1 atom stereocenters. The van der Waals surface area contributed by atoms with Crippen molar-refractivity contribution >= 4 is 22.9 Å². The van der Waals surface area contributed by atoms with Crippen LogP contribution in [0.5, 0.6) is 5.75 Å². The van der Waals surface area contributed by atoms with Gasteiger partial charge in [-0.05, 0) is 55.8 Å². The number of ether oxygens (including phenoxy) is 1. The van der Waals surface area contributed by atoms with Gasteiger partial charge in [-0.1, -0.05) is 29.1 Å². The molecule has 0 radical (unpaired) electrons. The standard InChI is InChI=1S/C21H24N4O5/c1-21(2,3)30-20(28)22-17(12-14-8-10-15(26)11-9-14)19(27)13-29-25-18-7-5-4-6-16(18)23-24-25/h4-11,17,26H,12-13H2,1-3H3,(H,22,28)/t17-/m0/s1/i13D2. The van der Waals surface area contributed by atoms with Gasteiger partial charge in [-0.25, -0.2) is 4.79 Å². The number of carbonyl (C=O) groups excluding carboxylic acids is 2. The zero-order valence-electron chi connectivity index (χ0n) is 18.8. The Morgan fingerprint density at radius 1 is 1.20 bits per heavy atom. The normalized spacial score (nSPS) is 13.8. The molecule has 0 fully saturated rings. The van der Waals surface area contributed by atoms with Gasteiger partial charge in [0.1, 0.15) is 22.4 Å². The summed E-state index contributed by atoms with van der Waals surface area (Å²) in [4.78, 5) is 31.5. The van der Waals surface area contributed by atoms with Crippen molar-refractivity contribution in [3.8, 4) is 5.75 Å². The van der Waals surface area contributed by atoms with Crippen molar-refractivity contribution in [3.63, 3.8) is 0 Å². The van der Waals surface area contributed by atoms with Crippen LogP contribution in [0, 0.1) is 0 Å². The Labute approximate surface area is 176 Å². The molecule has 0 aliphatic carbocycles. The lowest BCUT2D eigenvalue weighted by Gasteiger charge is -2.23. The Bertz CT molecular complexity index is 1110. The van der Waals surface area contributed by atoms with Crippen LogP contribution in [0.25, 0.3) is 11.0 Å². The van der Waals surface area contributed by atoms with E-state index in [4.69, 9.17) is 12.3 Å². The van der Waals surface area contributed by atoms with Crippen LogP contribution in [-0.2, 0) is 16.0 Å². The van der Waals surface area contributed by atoms with Crippen molar-refractivity contribution in [2.24, 2.45) is 0 Å². The summed E-state index contributed by atoms with van der Waals surface area (Å²) >= 11 is 0. The lowest BCUT2D eigenvalue weighted by atomic mass is 10.0. The zero-order valence-corrected chi connectivity index (χ0v) is 16.8. The number of amides is 1. The smallest absolute Gasteiger partial charge is 0.408 e. The second-order valence-electron chi connectivity index (χ2n) is 7.58. The molecule has 158 valence electrons. The molecule has 0 aliphatic heterocycles. The lowest BCUT2D eigenvalue weighted by molar-refractivity contribution is -0.126. The summed E-state index contributed by atoms with van der Waals surface area (Å²) < 4.78 is 21.6. The minimum atomic E-state index is -2.85. The number of Topliss-reactive ketones (excluding diaryl/α,β-unsaturated/α-hetero) is 1. The number of phenolic OH excluding ortho intramolecular Hbond substituents is 1. The molecule has 1 aromatic heterocycles. The van der Waals surface area contributed by atoms with E-state index < -0.39 is 30.1 Å². The number of aromatic nitrogens is 3.